The zero-order valence-electron chi connectivity index (χ0n) is 9.14. The first kappa shape index (κ1) is 11.0. The summed E-state index contributed by atoms with van der Waals surface area (Å²) in [6, 6.07) is 5.52. The van der Waals surface area contributed by atoms with Crippen molar-refractivity contribution in [1.82, 2.24) is 9.97 Å². The highest BCUT2D eigenvalue weighted by molar-refractivity contribution is 6.29. The zero-order chi connectivity index (χ0) is 11.5. The molecule has 0 aliphatic heterocycles. The van der Waals surface area contributed by atoms with Crippen molar-refractivity contribution in [3.63, 3.8) is 0 Å². The van der Waals surface area contributed by atoms with E-state index in [2.05, 4.69) is 9.97 Å². The van der Waals surface area contributed by atoms with Gasteiger partial charge in [0.05, 0.1) is 12.8 Å². The minimum absolute atomic E-state index is 0.453. The van der Waals surface area contributed by atoms with E-state index in [4.69, 9.17) is 16.0 Å². The topological polar surface area (TPSA) is 42.2 Å². The van der Waals surface area contributed by atoms with E-state index in [9.17, 15) is 0 Å². The molecule has 2 heterocycles. The second kappa shape index (κ2) is 4.53. The summed E-state index contributed by atoms with van der Waals surface area (Å²) in [5, 5.41) is 0.453. The minimum atomic E-state index is 0.453. The maximum atomic E-state index is 5.87. The molecule has 0 unspecified atom stereocenters. The van der Waals surface area contributed by atoms with Crippen molar-refractivity contribution in [3.8, 4) is 0 Å². The van der Waals surface area contributed by atoms with Gasteiger partial charge in [0.25, 0.3) is 0 Å². The van der Waals surface area contributed by atoms with Gasteiger partial charge in [-0.25, -0.2) is 9.97 Å². The van der Waals surface area contributed by atoms with E-state index in [1.807, 2.05) is 31.0 Å². The van der Waals surface area contributed by atoms with E-state index in [1.165, 1.54) is 0 Å². The summed E-state index contributed by atoms with van der Waals surface area (Å²) >= 11 is 5.87. The van der Waals surface area contributed by atoms with Crippen LogP contribution in [0, 0.1) is 6.92 Å². The lowest BCUT2D eigenvalue weighted by Gasteiger charge is -2.16. The van der Waals surface area contributed by atoms with Crippen LogP contribution in [0.25, 0.3) is 0 Å². The molecule has 5 heteroatoms. The van der Waals surface area contributed by atoms with E-state index in [-0.39, 0.29) is 0 Å². The Balaban J connectivity index is 2.17. The largest absolute Gasteiger partial charge is 0.467 e. The summed E-state index contributed by atoms with van der Waals surface area (Å²) in [4.78, 5) is 10.3. The summed E-state index contributed by atoms with van der Waals surface area (Å²) < 4.78 is 5.27. The second-order valence-electron chi connectivity index (χ2n) is 3.53. The predicted molar refractivity (Wildman–Crippen MR) is 62.6 cm³/mol. The van der Waals surface area contributed by atoms with Crippen LogP contribution in [0.5, 0.6) is 0 Å². The maximum Gasteiger partial charge on any atom is 0.134 e. The van der Waals surface area contributed by atoms with Gasteiger partial charge in [0, 0.05) is 13.1 Å². The molecule has 0 aromatic carbocycles. The van der Waals surface area contributed by atoms with Crippen molar-refractivity contribution in [3.05, 3.63) is 41.2 Å². The second-order valence-corrected chi connectivity index (χ2v) is 3.92. The van der Waals surface area contributed by atoms with Crippen LogP contribution >= 0.6 is 11.6 Å². The van der Waals surface area contributed by atoms with E-state index in [0.717, 1.165) is 11.6 Å². The van der Waals surface area contributed by atoms with Crippen LogP contribution in [0.3, 0.4) is 0 Å². The highest BCUT2D eigenvalue weighted by atomic mass is 35.5. The normalized spacial score (nSPS) is 10.4. The number of furan rings is 1. The lowest BCUT2D eigenvalue weighted by molar-refractivity contribution is 0.507. The number of nitrogens with zero attached hydrogens (tertiary/aromatic N) is 3. The monoisotopic (exact) mass is 237 g/mol. The first-order valence-electron chi connectivity index (χ1n) is 4.90. The van der Waals surface area contributed by atoms with Gasteiger partial charge in [0.2, 0.25) is 0 Å². The molecule has 2 rings (SSSR count). The Hall–Kier alpha value is -1.55. The summed E-state index contributed by atoms with van der Waals surface area (Å²) in [5.41, 5.74) is 0. The number of anilines is 1. The van der Waals surface area contributed by atoms with Gasteiger partial charge in [-0.2, -0.15) is 0 Å². The molecule has 0 atom stereocenters. The van der Waals surface area contributed by atoms with Crippen molar-refractivity contribution >= 4 is 17.4 Å². The van der Waals surface area contributed by atoms with Crippen molar-refractivity contribution in [2.24, 2.45) is 0 Å². The molecular weight excluding hydrogens is 226 g/mol. The molecule has 0 fully saturated rings. The van der Waals surface area contributed by atoms with Gasteiger partial charge in [-0.3, -0.25) is 0 Å². The Bertz CT molecular complexity index is 450. The van der Waals surface area contributed by atoms with Crippen LogP contribution in [-0.4, -0.2) is 17.0 Å². The highest BCUT2D eigenvalue weighted by Gasteiger charge is 2.07. The third-order valence-electron chi connectivity index (χ3n) is 2.16. The fraction of sp³-hybridized carbons (Fsp3) is 0.273. The van der Waals surface area contributed by atoms with E-state index in [1.54, 1.807) is 12.3 Å². The molecule has 0 radical (unpaired) electrons. The number of hydrogen-bond acceptors (Lipinski definition) is 4. The number of aryl methyl sites for hydroxylation is 1. The molecule has 0 aliphatic rings. The summed E-state index contributed by atoms with van der Waals surface area (Å²) in [6.07, 6.45) is 1.65. The fourth-order valence-corrected chi connectivity index (χ4v) is 1.65. The van der Waals surface area contributed by atoms with Crippen molar-refractivity contribution < 1.29 is 4.42 Å². The molecule has 0 spiro atoms. The van der Waals surface area contributed by atoms with Gasteiger partial charge in [-0.1, -0.05) is 11.6 Å². The van der Waals surface area contributed by atoms with Crippen LogP contribution in [0.2, 0.25) is 5.15 Å². The minimum Gasteiger partial charge on any atom is -0.467 e. The molecule has 0 amide bonds. The van der Waals surface area contributed by atoms with Crippen LogP contribution in [0.1, 0.15) is 11.6 Å². The van der Waals surface area contributed by atoms with Crippen molar-refractivity contribution in [2.45, 2.75) is 13.5 Å². The predicted octanol–water partition coefficient (Wildman–Crippen LogP) is 2.67. The summed E-state index contributed by atoms with van der Waals surface area (Å²) in [5.74, 6) is 2.33. The van der Waals surface area contributed by atoms with Crippen LogP contribution in [0.15, 0.2) is 28.9 Å². The number of aromatic nitrogens is 2. The summed E-state index contributed by atoms with van der Waals surface area (Å²) in [6.45, 7) is 2.47. The number of hydrogen-bond donors (Lipinski definition) is 0. The van der Waals surface area contributed by atoms with Crippen molar-refractivity contribution in [2.75, 3.05) is 11.9 Å². The first-order chi connectivity index (χ1) is 7.65. The molecule has 0 saturated carbocycles. The molecular formula is C11H12ClN3O. The van der Waals surface area contributed by atoms with Gasteiger partial charge < -0.3 is 9.32 Å². The average Bonchev–Trinajstić information content (AvgIpc) is 2.68. The van der Waals surface area contributed by atoms with E-state index >= 15 is 0 Å². The lowest BCUT2D eigenvalue weighted by atomic mass is 10.4. The lowest BCUT2D eigenvalue weighted by Crippen LogP contribution is -2.17. The maximum absolute atomic E-state index is 5.87. The quantitative estimate of drug-likeness (QED) is 0.770. The van der Waals surface area contributed by atoms with Crippen LogP contribution in [-0.2, 0) is 6.54 Å². The molecule has 84 valence electrons. The van der Waals surface area contributed by atoms with E-state index < -0.39 is 0 Å². The SMILES string of the molecule is Cc1nc(Cl)cc(N(C)Cc2ccco2)n1. The molecule has 2 aromatic rings. The highest BCUT2D eigenvalue weighted by Crippen LogP contribution is 2.16. The average molecular weight is 238 g/mol. The molecule has 0 bridgehead atoms. The fourth-order valence-electron chi connectivity index (χ4n) is 1.43. The number of rotatable bonds is 3. The third-order valence-corrected chi connectivity index (χ3v) is 2.35. The molecule has 16 heavy (non-hydrogen) atoms. The number of halogens is 1. The van der Waals surface area contributed by atoms with Gasteiger partial charge >= 0.3 is 0 Å². The smallest absolute Gasteiger partial charge is 0.134 e. The Morgan fingerprint density at radius 3 is 2.88 bits per heavy atom. The van der Waals surface area contributed by atoms with Gasteiger partial charge in [-0.05, 0) is 19.1 Å². The Morgan fingerprint density at radius 1 is 1.44 bits per heavy atom. The van der Waals surface area contributed by atoms with Gasteiger partial charge in [0.15, 0.2) is 0 Å². The Kier molecular flexibility index (Phi) is 3.10. The zero-order valence-corrected chi connectivity index (χ0v) is 9.90. The standard InChI is InChI=1S/C11H12ClN3O/c1-8-13-10(12)6-11(14-8)15(2)7-9-4-3-5-16-9/h3-6H,7H2,1-2H3. The first-order valence-corrected chi connectivity index (χ1v) is 5.27. The van der Waals surface area contributed by atoms with Crippen LogP contribution in [0.4, 0.5) is 5.82 Å². The Morgan fingerprint density at radius 2 is 2.25 bits per heavy atom. The van der Waals surface area contributed by atoms with Crippen molar-refractivity contribution in [1.29, 1.82) is 0 Å². The Labute approximate surface area is 98.9 Å². The summed E-state index contributed by atoms with van der Waals surface area (Å²) in [7, 11) is 1.93. The molecule has 2 aromatic heterocycles. The molecule has 0 aliphatic carbocycles. The van der Waals surface area contributed by atoms with E-state index in [0.29, 0.717) is 17.5 Å². The molecule has 0 saturated heterocycles. The molecule has 0 N–H and O–H groups in total. The third kappa shape index (κ3) is 2.52. The van der Waals surface area contributed by atoms with Crippen LogP contribution < -0.4 is 4.90 Å². The molecule has 4 nitrogen and oxygen atoms in total. The van der Waals surface area contributed by atoms with Gasteiger partial charge in [-0.15, -0.1) is 0 Å². The van der Waals surface area contributed by atoms with Gasteiger partial charge in [0.1, 0.15) is 22.6 Å².